The molecule has 6 heteroatoms. The first-order valence-electron chi connectivity index (χ1n) is 10.1. The lowest BCUT2D eigenvalue weighted by Gasteiger charge is -2.34. The molecule has 6 nitrogen and oxygen atoms in total. The fraction of sp³-hybridized carbons (Fsp3) is 0.320. The number of ketones is 1. The number of allylic oxidation sites excluding steroid dienone is 1. The summed E-state index contributed by atoms with van der Waals surface area (Å²) in [4.78, 5) is 13.6. The predicted octanol–water partition coefficient (Wildman–Crippen LogP) is 5.25. The van der Waals surface area contributed by atoms with Crippen molar-refractivity contribution in [2.45, 2.75) is 39.2 Å². The normalized spacial score (nSPS) is 18.2. The highest BCUT2D eigenvalue weighted by Gasteiger charge is 2.40. The zero-order valence-electron chi connectivity index (χ0n) is 18.3. The molecule has 0 aromatic heterocycles. The quantitative estimate of drug-likeness (QED) is 0.679. The van der Waals surface area contributed by atoms with E-state index in [0.717, 1.165) is 11.1 Å². The third-order valence-electron chi connectivity index (χ3n) is 5.24. The number of carbonyl (C=O) groups is 1. The number of methoxy groups -OCH3 is 1. The van der Waals surface area contributed by atoms with E-state index in [9.17, 15) is 9.90 Å². The Labute approximate surface area is 181 Å². The van der Waals surface area contributed by atoms with Gasteiger partial charge < -0.3 is 24.1 Å². The van der Waals surface area contributed by atoms with Crippen LogP contribution in [0.15, 0.2) is 42.2 Å². The van der Waals surface area contributed by atoms with Crippen molar-refractivity contribution in [1.82, 2.24) is 0 Å². The number of phenolic OH excluding ortho intramolecular Hbond substituents is 1. The van der Waals surface area contributed by atoms with Gasteiger partial charge in [-0.1, -0.05) is 12.1 Å². The van der Waals surface area contributed by atoms with Gasteiger partial charge in [0.25, 0.3) is 0 Å². The number of aromatic hydroxyl groups is 1. The Morgan fingerprint density at radius 3 is 2.52 bits per heavy atom. The Morgan fingerprint density at radius 2 is 1.87 bits per heavy atom. The summed E-state index contributed by atoms with van der Waals surface area (Å²) in [5, 5.41) is 9.60. The van der Waals surface area contributed by atoms with E-state index in [2.05, 4.69) is 0 Å². The third kappa shape index (κ3) is 3.74. The third-order valence-corrected chi connectivity index (χ3v) is 5.24. The first-order chi connectivity index (χ1) is 14.7. The van der Waals surface area contributed by atoms with Gasteiger partial charge in [-0.15, -0.1) is 0 Å². The van der Waals surface area contributed by atoms with Crippen molar-refractivity contribution < 1.29 is 28.8 Å². The lowest BCUT2D eigenvalue weighted by Crippen LogP contribution is -2.30. The van der Waals surface area contributed by atoms with Crippen LogP contribution < -0.4 is 18.9 Å². The van der Waals surface area contributed by atoms with Crippen LogP contribution in [0.25, 0.3) is 6.08 Å². The van der Waals surface area contributed by atoms with Crippen molar-refractivity contribution in [2.75, 3.05) is 13.7 Å². The van der Waals surface area contributed by atoms with E-state index in [1.54, 1.807) is 30.5 Å². The number of benzene rings is 2. The minimum atomic E-state index is -0.553. The second kappa shape index (κ2) is 7.69. The zero-order chi connectivity index (χ0) is 22.3. The van der Waals surface area contributed by atoms with Crippen LogP contribution in [0.1, 0.15) is 55.1 Å². The maximum atomic E-state index is 13.6. The van der Waals surface area contributed by atoms with Crippen molar-refractivity contribution in [3.63, 3.8) is 0 Å². The molecule has 0 saturated heterocycles. The summed E-state index contributed by atoms with van der Waals surface area (Å²) in [6.45, 7) is 7.86. The lowest BCUT2D eigenvalue weighted by molar-refractivity contribution is 0.0885. The monoisotopic (exact) mass is 422 g/mol. The van der Waals surface area contributed by atoms with Crippen molar-refractivity contribution in [2.24, 2.45) is 0 Å². The smallest absolute Gasteiger partial charge is 0.211 e. The van der Waals surface area contributed by atoms with E-state index in [-0.39, 0.29) is 18.1 Å². The summed E-state index contributed by atoms with van der Waals surface area (Å²) in [6.07, 6.45) is 5.42. The van der Waals surface area contributed by atoms with E-state index < -0.39 is 11.5 Å². The highest BCUT2D eigenvalue weighted by atomic mass is 16.6. The first kappa shape index (κ1) is 20.8. The predicted molar refractivity (Wildman–Crippen MR) is 117 cm³/mol. The van der Waals surface area contributed by atoms with Gasteiger partial charge in [-0.05, 0) is 63.1 Å². The fourth-order valence-corrected chi connectivity index (χ4v) is 3.74. The molecule has 1 N–H and O–H groups in total. The van der Waals surface area contributed by atoms with Crippen LogP contribution in [-0.4, -0.2) is 30.2 Å². The zero-order valence-corrected chi connectivity index (χ0v) is 18.3. The molecule has 0 spiro atoms. The highest BCUT2D eigenvalue weighted by Crippen LogP contribution is 2.55. The molecular weight excluding hydrogens is 396 g/mol. The number of carbonyl (C=O) groups excluding carboxylic acids is 1. The summed E-state index contributed by atoms with van der Waals surface area (Å²) >= 11 is 0. The van der Waals surface area contributed by atoms with Crippen molar-refractivity contribution in [3.8, 4) is 28.7 Å². The van der Waals surface area contributed by atoms with Gasteiger partial charge in [0.2, 0.25) is 5.75 Å². The molecule has 162 valence electrons. The van der Waals surface area contributed by atoms with E-state index in [4.69, 9.17) is 18.9 Å². The second-order valence-electron chi connectivity index (χ2n) is 8.48. The number of rotatable bonds is 4. The van der Waals surface area contributed by atoms with E-state index >= 15 is 0 Å². The lowest BCUT2D eigenvalue weighted by atomic mass is 9.86. The van der Waals surface area contributed by atoms with Crippen LogP contribution in [0.2, 0.25) is 0 Å². The molecule has 2 aromatic carbocycles. The molecule has 2 aromatic rings. The van der Waals surface area contributed by atoms with Gasteiger partial charge in [-0.2, -0.15) is 0 Å². The molecule has 0 radical (unpaired) electrons. The molecule has 0 saturated carbocycles. The minimum Gasteiger partial charge on any atom is -0.508 e. The minimum absolute atomic E-state index is 0.133. The summed E-state index contributed by atoms with van der Waals surface area (Å²) in [7, 11) is 1.53. The number of phenols is 1. The SMILES string of the molecule is COc1c2c(c(OC=C(C)C)c3c1C(=O)[C@H](c1ccc(O)cc1)CO3)OC(C)(C)C=C2. The Balaban J connectivity index is 1.92. The average Bonchev–Trinajstić information content (AvgIpc) is 2.72. The number of Topliss-reactive ketones (excluding diaryl/α,β-unsaturated/α-hetero) is 1. The maximum absolute atomic E-state index is 13.6. The molecule has 0 fully saturated rings. The van der Waals surface area contributed by atoms with Gasteiger partial charge in [0.15, 0.2) is 17.3 Å². The molecule has 0 aliphatic carbocycles. The highest BCUT2D eigenvalue weighted by molar-refractivity contribution is 6.09. The summed E-state index contributed by atoms with van der Waals surface area (Å²) in [6, 6.07) is 6.57. The van der Waals surface area contributed by atoms with Crippen molar-refractivity contribution in [3.05, 3.63) is 58.9 Å². The molecule has 0 bridgehead atoms. The molecule has 0 unspecified atom stereocenters. The maximum Gasteiger partial charge on any atom is 0.211 e. The van der Waals surface area contributed by atoms with Crippen molar-refractivity contribution >= 4 is 11.9 Å². The van der Waals surface area contributed by atoms with Gasteiger partial charge >= 0.3 is 0 Å². The first-order valence-corrected chi connectivity index (χ1v) is 10.1. The van der Waals surface area contributed by atoms with E-state index in [1.807, 2.05) is 39.8 Å². The number of hydrogen-bond donors (Lipinski definition) is 1. The van der Waals surface area contributed by atoms with Crippen LogP contribution in [-0.2, 0) is 0 Å². The van der Waals surface area contributed by atoms with Gasteiger partial charge in [0.1, 0.15) is 29.3 Å². The molecule has 2 aliphatic rings. The number of hydrogen-bond acceptors (Lipinski definition) is 6. The van der Waals surface area contributed by atoms with Gasteiger partial charge in [-0.25, -0.2) is 0 Å². The Kier molecular flexibility index (Phi) is 5.17. The number of ether oxygens (including phenoxy) is 4. The van der Waals surface area contributed by atoms with Crippen LogP contribution in [0.5, 0.6) is 28.7 Å². The van der Waals surface area contributed by atoms with Crippen LogP contribution in [0, 0.1) is 0 Å². The van der Waals surface area contributed by atoms with Gasteiger partial charge in [-0.3, -0.25) is 4.79 Å². The average molecular weight is 422 g/mol. The topological polar surface area (TPSA) is 74.2 Å². The van der Waals surface area contributed by atoms with Gasteiger partial charge in [0, 0.05) is 0 Å². The second-order valence-corrected chi connectivity index (χ2v) is 8.48. The largest absolute Gasteiger partial charge is 0.508 e. The fourth-order valence-electron chi connectivity index (χ4n) is 3.74. The van der Waals surface area contributed by atoms with Crippen LogP contribution in [0.3, 0.4) is 0 Å². The molecule has 0 amide bonds. The molecule has 2 heterocycles. The van der Waals surface area contributed by atoms with Crippen molar-refractivity contribution in [1.29, 1.82) is 0 Å². The molecule has 2 aliphatic heterocycles. The summed E-state index contributed by atoms with van der Waals surface area (Å²) in [5.41, 5.74) is 2.13. The van der Waals surface area contributed by atoms with E-state index in [1.165, 1.54) is 7.11 Å². The number of fused-ring (bicyclic) bond motifs is 2. The molecule has 1 atom stereocenters. The Morgan fingerprint density at radius 1 is 1.16 bits per heavy atom. The Hall–Kier alpha value is -3.41. The summed E-state index contributed by atoms with van der Waals surface area (Å²) in [5.74, 6) is 1.04. The summed E-state index contributed by atoms with van der Waals surface area (Å²) < 4.78 is 24.0. The van der Waals surface area contributed by atoms with Crippen LogP contribution >= 0.6 is 0 Å². The molecule has 4 rings (SSSR count). The standard InChI is InChI=1S/C25H26O6/c1-14(2)12-29-24-22-17(10-11-25(3,4)31-22)21(28-5)19-20(27)18(13-30-23(19)24)15-6-8-16(26)9-7-15/h6-12,18,26H,13H2,1-5H3/t18-/m0/s1. The van der Waals surface area contributed by atoms with Gasteiger partial charge in [0.05, 0.1) is 24.9 Å². The Bertz CT molecular complexity index is 1090. The van der Waals surface area contributed by atoms with E-state index in [0.29, 0.717) is 34.1 Å². The van der Waals surface area contributed by atoms with Crippen LogP contribution in [0.4, 0.5) is 0 Å². The molecule has 31 heavy (non-hydrogen) atoms. The molecular formula is C25H26O6.